The highest BCUT2D eigenvalue weighted by atomic mass is 16.2. The van der Waals surface area contributed by atoms with Crippen LogP contribution in [0.2, 0.25) is 0 Å². The predicted octanol–water partition coefficient (Wildman–Crippen LogP) is -1.32. The van der Waals surface area contributed by atoms with Crippen molar-refractivity contribution in [2.75, 3.05) is 91.6 Å². The second kappa shape index (κ2) is 15.0. The van der Waals surface area contributed by atoms with E-state index in [1.54, 1.807) is 14.7 Å². The number of urea groups is 1. The van der Waals surface area contributed by atoms with Gasteiger partial charge in [-0.1, -0.05) is 0 Å². The Labute approximate surface area is 178 Å². The van der Waals surface area contributed by atoms with Crippen LogP contribution in [0.1, 0.15) is 0 Å². The molecule has 11 nitrogen and oxygen atoms in total. The fourth-order valence-electron chi connectivity index (χ4n) is 3.19. The molecule has 162 valence electrons. The Hall–Kier alpha value is -2.93. The molecule has 0 aliphatic carbocycles. The molecule has 0 radical (unpaired) electrons. The lowest BCUT2D eigenvalue weighted by molar-refractivity contribution is 0.176. The van der Waals surface area contributed by atoms with E-state index < -0.39 is 0 Å². The highest BCUT2D eigenvalue weighted by Gasteiger charge is 2.28. The SMILES string of the molecule is N#CCN(CC#N)CCN(CC#N)CCN1CCN(CCN(CC#N)CCN)C1=O. The first-order chi connectivity index (χ1) is 14.6. The molecule has 0 aromatic carbocycles. The lowest BCUT2D eigenvalue weighted by atomic mass is 10.4. The van der Waals surface area contributed by atoms with Crippen LogP contribution in [-0.2, 0) is 0 Å². The highest BCUT2D eigenvalue weighted by Crippen LogP contribution is 2.09. The molecular formula is C19H30N10O. The van der Waals surface area contributed by atoms with Crippen molar-refractivity contribution in [2.45, 2.75) is 0 Å². The van der Waals surface area contributed by atoms with E-state index in [2.05, 4.69) is 12.1 Å². The standard InChI is InChI=1S/C19H30N10O/c20-1-6-25(7-2-21)11-12-27(10-5-24)14-16-29-18-17-28(19(29)30)15-13-26(8-3-22)9-4-23/h3,6-18,22H2. The molecule has 0 unspecified atom stereocenters. The lowest BCUT2D eigenvalue weighted by Crippen LogP contribution is -2.42. The fraction of sp³-hybridized carbons (Fsp3) is 0.737. The van der Waals surface area contributed by atoms with Gasteiger partial charge in [-0.05, 0) is 0 Å². The van der Waals surface area contributed by atoms with E-state index in [-0.39, 0.29) is 25.7 Å². The first-order valence-electron chi connectivity index (χ1n) is 9.98. The summed E-state index contributed by atoms with van der Waals surface area (Å²) in [5, 5.41) is 35.6. The predicted molar refractivity (Wildman–Crippen MR) is 109 cm³/mol. The molecule has 1 heterocycles. The number of nitriles is 4. The van der Waals surface area contributed by atoms with Gasteiger partial charge in [0, 0.05) is 65.4 Å². The molecular weight excluding hydrogens is 384 g/mol. The average Bonchev–Trinajstić information content (AvgIpc) is 3.08. The monoisotopic (exact) mass is 414 g/mol. The van der Waals surface area contributed by atoms with Crippen molar-refractivity contribution < 1.29 is 4.79 Å². The van der Waals surface area contributed by atoms with Gasteiger partial charge in [-0.25, -0.2) is 4.79 Å². The van der Waals surface area contributed by atoms with Gasteiger partial charge in [0.05, 0.1) is 50.5 Å². The molecule has 0 atom stereocenters. The number of hydrogen-bond donors (Lipinski definition) is 1. The topological polar surface area (TPSA) is 154 Å². The van der Waals surface area contributed by atoms with Crippen LogP contribution in [-0.4, -0.2) is 122 Å². The van der Waals surface area contributed by atoms with Gasteiger partial charge in [0.2, 0.25) is 0 Å². The van der Waals surface area contributed by atoms with Gasteiger partial charge in [0.15, 0.2) is 0 Å². The van der Waals surface area contributed by atoms with Gasteiger partial charge in [0.1, 0.15) is 0 Å². The van der Waals surface area contributed by atoms with Gasteiger partial charge >= 0.3 is 6.03 Å². The van der Waals surface area contributed by atoms with Crippen LogP contribution >= 0.6 is 0 Å². The third-order valence-corrected chi connectivity index (χ3v) is 4.91. The maximum absolute atomic E-state index is 12.6. The molecule has 30 heavy (non-hydrogen) atoms. The Bertz CT molecular complexity index is 669. The zero-order valence-corrected chi connectivity index (χ0v) is 17.4. The summed E-state index contributed by atoms with van der Waals surface area (Å²) in [4.78, 5) is 21.7. The van der Waals surface area contributed by atoms with Crippen molar-refractivity contribution in [1.82, 2.24) is 24.5 Å². The molecule has 11 heteroatoms. The first kappa shape index (κ1) is 25.1. The number of carbonyl (C=O) groups excluding carboxylic acids is 1. The van der Waals surface area contributed by atoms with Crippen molar-refractivity contribution in [3.8, 4) is 24.3 Å². The minimum absolute atomic E-state index is 0.0350. The van der Waals surface area contributed by atoms with Crippen LogP contribution < -0.4 is 5.73 Å². The number of amides is 2. The van der Waals surface area contributed by atoms with Crippen molar-refractivity contribution in [3.05, 3.63) is 0 Å². The molecule has 0 spiro atoms. The van der Waals surface area contributed by atoms with Crippen molar-refractivity contribution in [3.63, 3.8) is 0 Å². The summed E-state index contributed by atoms with van der Waals surface area (Å²) in [7, 11) is 0. The third kappa shape index (κ3) is 9.05. The fourth-order valence-corrected chi connectivity index (χ4v) is 3.19. The number of hydrogen-bond acceptors (Lipinski definition) is 9. The number of carbonyl (C=O) groups is 1. The van der Waals surface area contributed by atoms with Crippen molar-refractivity contribution in [2.24, 2.45) is 5.73 Å². The Morgan fingerprint density at radius 2 is 1.10 bits per heavy atom. The largest absolute Gasteiger partial charge is 0.329 e. The van der Waals surface area contributed by atoms with Gasteiger partial charge in [0.25, 0.3) is 0 Å². The zero-order chi connectivity index (χ0) is 22.2. The first-order valence-corrected chi connectivity index (χ1v) is 9.98. The zero-order valence-electron chi connectivity index (χ0n) is 17.4. The maximum atomic E-state index is 12.6. The summed E-state index contributed by atoms with van der Waals surface area (Å²) in [5.74, 6) is 0. The third-order valence-electron chi connectivity index (χ3n) is 4.91. The summed E-state index contributed by atoms with van der Waals surface area (Å²) < 4.78 is 0. The Kier molecular flexibility index (Phi) is 12.5. The Morgan fingerprint density at radius 3 is 1.53 bits per heavy atom. The van der Waals surface area contributed by atoms with E-state index in [4.69, 9.17) is 26.8 Å². The Morgan fingerprint density at radius 1 is 0.700 bits per heavy atom. The van der Waals surface area contributed by atoms with Crippen LogP contribution in [0.25, 0.3) is 0 Å². The second-order valence-electron chi connectivity index (χ2n) is 6.94. The van der Waals surface area contributed by atoms with Gasteiger partial charge < -0.3 is 15.5 Å². The van der Waals surface area contributed by atoms with Gasteiger partial charge in [-0.3, -0.25) is 14.7 Å². The van der Waals surface area contributed by atoms with Gasteiger partial charge in [-0.2, -0.15) is 21.0 Å². The molecule has 1 rings (SSSR count). The number of rotatable bonds is 15. The molecule has 1 fully saturated rings. The molecule has 2 amide bonds. The molecule has 0 aromatic heterocycles. The molecule has 0 aromatic rings. The molecule has 2 N–H and O–H groups in total. The number of nitrogens with two attached hydrogens (primary N) is 1. The summed E-state index contributed by atoms with van der Waals surface area (Å²) >= 11 is 0. The van der Waals surface area contributed by atoms with Crippen LogP contribution in [0.15, 0.2) is 0 Å². The van der Waals surface area contributed by atoms with Crippen molar-refractivity contribution in [1.29, 1.82) is 21.0 Å². The molecule has 1 aliphatic heterocycles. The number of nitrogens with zero attached hydrogens (tertiary/aromatic N) is 9. The highest BCUT2D eigenvalue weighted by molar-refractivity contribution is 5.76. The molecule has 1 aliphatic rings. The van der Waals surface area contributed by atoms with Gasteiger partial charge in [-0.15, -0.1) is 0 Å². The second-order valence-corrected chi connectivity index (χ2v) is 6.94. The van der Waals surface area contributed by atoms with E-state index in [1.807, 2.05) is 21.9 Å². The summed E-state index contributed by atoms with van der Waals surface area (Å²) in [5.41, 5.74) is 5.56. The Balaban J connectivity index is 2.46. The molecule has 1 saturated heterocycles. The van der Waals surface area contributed by atoms with Crippen molar-refractivity contribution >= 4 is 6.03 Å². The van der Waals surface area contributed by atoms with E-state index in [0.717, 1.165) is 0 Å². The minimum atomic E-state index is -0.0350. The summed E-state index contributed by atoms with van der Waals surface area (Å²) in [6.07, 6.45) is 0. The van der Waals surface area contributed by atoms with E-state index in [9.17, 15) is 4.79 Å². The van der Waals surface area contributed by atoms with Crippen LogP contribution in [0.5, 0.6) is 0 Å². The smallest absolute Gasteiger partial charge is 0.320 e. The normalized spacial score (nSPS) is 13.5. The summed E-state index contributed by atoms with van der Waals surface area (Å²) in [6, 6.07) is 8.28. The van der Waals surface area contributed by atoms with Crippen LogP contribution in [0, 0.1) is 45.3 Å². The van der Waals surface area contributed by atoms with E-state index in [0.29, 0.717) is 72.0 Å². The molecule has 0 bridgehead atoms. The maximum Gasteiger partial charge on any atom is 0.320 e. The van der Waals surface area contributed by atoms with E-state index in [1.165, 1.54) is 0 Å². The van der Waals surface area contributed by atoms with E-state index >= 15 is 0 Å². The quantitative estimate of drug-likeness (QED) is 0.321. The summed E-state index contributed by atoms with van der Waals surface area (Å²) in [6.45, 7) is 6.49. The van der Waals surface area contributed by atoms with Crippen LogP contribution in [0.3, 0.4) is 0 Å². The minimum Gasteiger partial charge on any atom is -0.329 e. The lowest BCUT2D eigenvalue weighted by Gasteiger charge is -2.26. The molecule has 0 saturated carbocycles. The van der Waals surface area contributed by atoms with Crippen LogP contribution in [0.4, 0.5) is 4.79 Å². The average molecular weight is 415 g/mol.